The van der Waals surface area contributed by atoms with Gasteiger partial charge in [0.1, 0.15) is 17.0 Å². The summed E-state index contributed by atoms with van der Waals surface area (Å²) in [7, 11) is -3.62. The van der Waals surface area contributed by atoms with Gasteiger partial charge in [-0.15, -0.1) is 0 Å². The number of carbonyl (C=O) groups is 1. The number of hydrogen-bond donors (Lipinski definition) is 2. The van der Waals surface area contributed by atoms with Gasteiger partial charge in [0.15, 0.2) is 0 Å². The zero-order valence-corrected chi connectivity index (χ0v) is 29.9. The van der Waals surface area contributed by atoms with Crippen molar-refractivity contribution in [3.8, 4) is 11.5 Å². The fourth-order valence-electron chi connectivity index (χ4n) is 7.29. The van der Waals surface area contributed by atoms with Gasteiger partial charge in [-0.1, -0.05) is 48.0 Å². The number of nitrogens with zero attached hydrogens (tertiary/aromatic N) is 3. The number of fused-ring (bicyclic) bond motifs is 6. The normalized spacial score (nSPS) is 14.3. The van der Waals surface area contributed by atoms with Crippen molar-refractivity contribution in [3.63, 3.8) is 0 Å². The Kier molecular flexibility index (Phi) is 10.0. The lowest BCUT2D eigenvalue weighted by Gasteiger charge is -2.45. The van der Waals surface area contributed by atoms with E-state index in [-0.39, 0.29) is 17.3 Å². The van der Waals surface area contributed by atoms with Crippen LogP contribution in [0.25, 0.3) is 0 Å². The molecule has 2 aliphatic heterocycles. The molecule has 0 unspecified atom stereocenters. The van der Waals surface area contributed by atoms with Crippen LogP contribution in [0.15, 0.2) is 89.8 Å². The molecule has 6 rings (SSSR count). The Hall–Kier alpha value is -4.38. The van der Waals surface area contributed by atoms with Crippen LogP contribution in [0.5, 0.6) is 11.5 Å². The van der Waals surface area contributed by atoms with Crippen LogP contribution in [0.1, 0.15) is 60.3 Å². The fraction of sp³-hybridized carbons (Fsp3) is 0.359. The van der Waals surface area contributed by atoms with E-state index in [0.717, 1.165) is 71.3 Å². The van der Waals surface area contributed by atoms with Crippen molar-refractivity contribution in [2.45, 2.75) is 45.1 Å². The molecule has 0 saturated heterocycles. The summed E-state index contributed by atoms with van der Waals surface area (Å²) in [5.41, 5.74) is 5.69. The topological polar surface area (TPSA) is 94.2 Å². The van der Waals surface area contributed by atoms with Crippen LogP contribution in [-0.4, -0.2) is 71.6 Å². The molecule has 4 aromatic carbocycles. The summed E-state index contributed by atoms with van der Waals surface area (Å²) in [5.74, 6) is 1.43. The maximum Gasteiger partial charge on any atom is 0.255 e. The van der Waals surface area contributed by atoms with E-state index < -0.39 is 15.6 Å². The summed E-state index contributed by atoms with van der Waals surface area (Å²) in [6, 6.07) is 27.4. The molecule has 258 valence electrons. The van der Waals surface area contributed by atoms with E-state index in [4.69, 9.17) is 4.74 Å². The predicted molar refractivity (Wildman–Crippen MR) is 197 cm³/mol. The number of ether oxygens (including phenoxy) is 1. The number of aryl methyl sites for hydroxylation is 1. The average molecular weight is 682 g/mol. The number of sulfonamides is 1. The maximum absolute atomic E-state index is 14.4. The van der Waals surface area contributed by atoms with Crippen LogP contribution in [0.3, 0.4) is 0 Å². The van der Waals surface area contributed by atoms with Crippen LogP contribution in [-0.2, 0) is 15.6 Å². The molecule has 0 radical (unpaired) electrons. The fourth-order valence-corrected chi connectivity index (χ4v) is 8.32. The number of nitrogens with one attached hydrogen (secondary N) is 2. The number of hydrogen-bond acceptors (Lipinski definition) is 7. The quantitative estimate of drug-likeness (QED) is 0.155. The first-order valence-electron chi connectivity index (χ1n) is 17.3. The number of carbonyl (C=O) groups excluding carboxylic acids is 1. The van der Waals surface area contributed by atoms with Gasteiger partial charge >= 0.3 is 0 Å². The van der Waals surface area contributed by atoms with Crippen molar-refractivity contribution in [1.82, 2.24) is 14.9 Å². The molecule has 4 aromatic rings. The average Bonchev–Trinajstić information content (AvgIpc) is 3.35. The summed E-state index contributed by atoms with van der Waals surface area (Å²) in [6.07, 6.45) is 0. The molecular formula is C39H47N5O4S. The Morgan fingerprint density at radius 2 is 1.29 bits per heavy atom. The highest BCUT2D eigenvalue weighted by atomic mass is 32.2. The predicted octanol–water partition coefficient (Wildman–Crippen LogP) is 6.11. The third-order valence-electron chi connectivity index (χ3n) is 9.82. The highest BCUT2D eigenvalue weighted by Crippen LogP contribution is 2.58. The lowest BCUT2D eigenvalue weighted by molar-refractivity contribution is 0.0668. The largest absolute Gasteiger partial charge is 0.456 e. The third-order valence-corrected chi connectivity index (χ3v) is 11.3. The standard InChI is InChI=1S/C39H47N5O4S/c1-6-42(7-2)29-16-20-34-36(26-29)48-37-27-30(43(8-3)9-4)17-21-35(37)39(34)33-13-11-10-12-32(33)38(45)44(39)25-24-40-22-23-41-49(46,47)31-18-14-28(5)15-19-31/h10-21,26-27,40-41H,6-9,22-25H2,1-5H3. The Labute approximate surface area is 290 Å². The van der Waals surface area contributed by atoms with Crippen LogP contribution < -0.4 is 24.6 Å². The molecule has 9 nitrogen and oxygen atoms in total. The monoisotopic (exact) mass is 681 g/mol. The van der Waals surface area contributed by atoms with Gasteiger partial charge in [-0.05, 0) is 70.5 Å². The summed E-state index contributed by atoms with van der Waals surface area (Å²) < 4.78 is 35.0. The third kappa shape index (κ3) is 6.17. The molecule has 49 heavy (non-hydrogen) atoms. The first kappa shape index (κ1) is 34.5. The van der Waals surface area contributed by atoms with Crippen LogP contribution in [0, 0.1) is 6.92 Å². The van der Waals surface area contributed by atoms with Crippen molar-refractivity contribution in [2.24, 2.45) is 0 Å². The molecule has 1 amide bonds. The van der Waals surface area contributed by atoms with Crippen LogP contribution in [0.2, 0.25) is 0 Å². The molecule has 0 atom stereocenters. The van der Waals surface area contributed by atoms with Gasteiger partial charge in [-0.3, -0.25) is 4.79 Å². The Morgan fingerprint density at radius 3 is 1.86 bits per heavy atom. The van der Waals surface area contributed by atoms with Crippen molar-refractivity contribution < 1.29 is 17.9 Å². The lowest BCUT2D eigenvalue weighted by Crippen LogP contribution is -2.50. The highest BCUT2D eigenvalue weighted by Gasteiger charge is 2.56. The molecule has 1 spiro atoms. The van der Waals surface area contributed by atoms with Gasteiger partial charge in [0.05, 0.1) is 4.90 Å². The highest BCUT2D eigenvalue weighted by molar-refractivity contribution is 7.89. The van der Waals surface area contributed by atoms with Gasteiger partial charge < -0.3 is 24.8 Å². The minimum Gasteiger partial charge on any atom is -0.456 e. The number of anilines is 2. The maximum atomic E-state index is 14.4. The van der Waals surface area contributed by atoms with Crippen molar-refractivity contribution in [1.29, 1.82) is 0 Å². The van der Waals surface area contributed by atoms with Gasteiger partial charge in [-0.2, -0.15) is 0 Å². The van der Waals surface area contributed by atoms with Gasteiger partial charge in [-0.25, -0.2) is 13.1 Å². The van der Waals surface area contributed by atoms with Crippen molar-refractivity contribution >= 4 is 27.3 Å². The van der Waals surface area contributed by atoms with Crippen molar-refractivity contribution in [3.05, 3.63) is 113 Å². The second-order valence-corrected chi connectivity index (χ2v) is 14.2. The van der Waals surface area contributed by atoms with E-state index in [0.29, 0.717) is 25.2 Å². The molecule has 0 saturated carbocycles. The first-order valence-corrected chi connectivity index (χ1v) is 18.8. The SMILES string of the molecule is CCN(CC)c1ccc2c(c1)Oc1cc(N(CC)CC)ccc1C21c2ccccc2C(=O)N1CCNCCNS(=O)(=O)c1ccc(C)cc1. The summed E-state index contributed by atoms with van der Waals surface area (Å²) in [6.45, 7) is 15.4. The van der Waals surface area contributed by atoms with E-state index in [1.165, 1.54) is 0 Å². The lowest BCUT2D eigenvalue weighted by atomic mass is 9.74. The molecule has 0 fully saturated rings. The molecule has 2 aliphatic rings. The second kappa shape index (κ2) is 14.2. The second-order valence-electron chi connectivity index (χ2n) is 12.5. The molecule has 2 N–H and O–H groups in total. The Morgan fingerprint density at radius 1 is 0.714 bits per heavy atom. The van der Waals surface area contributed by atoms with E-state index in [1.54, 1.807) is 24.3 Å². The number of benzene rings is 4. The minimum atomic E-state index is -3.62. The minimum absolute atomic E-state index is 0.0445. The van der Waals surface area contributed by atoms with Gasteiger partial charge in [0.2, 0.25) is 10.0 Å². The van der Waals surface area contributed by atoms with Crippen molar-refractivity contribution in [2.75, 3.05) is 62.2 Å². The molecule has 10 heteroatoms. The summed E-state index contributed by atoms with van der Waals surface area (Å²) in [4.78, 5) is 21.2. The Balaban J connectivity index is 1.35. The molecular weight excluding hydrogens is 635 g/mol. The van der Waals surface area contributed by atoms with Gasteiger partial charge in [0.25, 0.3) is 5.91 Å². The molecule has 0 bridgehead atoms. The number of amides is 1. The smallest absolute Gasteiger partial charge is 0.255 e. The van der Waals surface area contributed by atoms with Crippen LogP contribution >= 0.6 is 0 Å². The molecule has 0 aliphatic carbocycles. The zero-order chi connectivity index (χ0) is 34.8. The zero-order valence-electron chi connectivity index (χ0n) is 29.1. The van der Waals surface area contributed by atoms with E-state index in [2.05, 4.69) is 90.0 Å². The van der Waals surface area contributed by atoms with Gasteiger partial charge in [0, 0.05) is 92.6 Å². The molecule has 0 aromatic heterocycles. The number of rotatable bonds is 14. The van der Waals surface area contributed by atoms with E-state index >= 15 is 0 Å². The first-order chi connectivity index (χ1) is 23.7. The van der Waals surface area contributed by atoms with E-state index in [9.17, 15) is 13.2 Å². The van der Waals surface area contributed by atoms with Crippen LogP contribution in [0.4, 0.5) is 11.4 Å². The summed E-state index contributed by atoms with van der Waals surface area (Å²) >= 11 is 0. The molecule has 2 heterocycles. The Bertz CT molecular complexity index is 1860. The summed E-state index contributed by atoms with van der Waals surface area (Å²) in [5, 5.41) is 3.38. The van der Waals surface area contributed by atoms with E-state index in [1.807, 2.05) is 30.0 Å².